The number of terminal acetylenes is 1. The molecule has 0 aliphatic carbocycles. The highest BCUT2D eigenvalue weighted by atomic mass is 19.1. The first-order chi connectivity index (χ1) is 18.1. The van der Waals surface area contributed by atoms with Crippen molar-refractivity contribution in [1.29, 1.82) is 0 Å². The molecule has 1 aliphatic rings. The molecule has 0 amide bonds. The summed E-state index contributed by atoms with van der Waals surface area (Å²) >= 11 is 0. The maximum absolute atomic E-state index is 13.6. The average molecular weight is 508 g/mol. The van der Waals surface area contributed by atoms with E-state index in [1.807, 2.05) is 30.3 Å². The predicted molar refractivity (Wildman–Crippen MR) is 139 cm³/mol. The van der Waals surface area contributed by atoms with Gasteiger partial charge in [0, 0.05) is 26.2 Å². The molecule has 1 fully saturated rings. The second-order valence-electron chi connectivity index (χ2n) is 9.09. The average Bonchev–Trinajstić information content (AvgIpc) is 3.54. The van der Waals surface area contributed by atoms with Gasteiger partial charge in [-0.05, 0) is 55.7 Å². The van der Waals surface area contributed by atoms with E-state index >= 15 is 0 Å². The summed E-state index contributed by atoms with van der Waals surface area (Å²) < 4.78 is 33.0. The fourth-order valence-electron chi connectivity index (χ4n) is 4.49. The predicted octanol–water partition coefficient (Wildman–Crippen LogP) is 4.36. The van der Waals surface area contributed by atoms with E-state index in [1.165, 1.54) is 12.1 Å². The van der Waals surface area contributed by atoms with Crippen LogP contribution in [0.15, 0.2) is 54.6 Å². The first-order valence-corrected chi connectivity index (χ1v) is 12.7. The minimum Gasteiger partial charge on any atom is -0.439 e. The number of ether oxygens (including phenoxy) is 3. The van der Waals surface area contributed by atoms with Crippen LogP contribution in [-0.4, -0.2) is 64.9 Å². The number of benzene rings is 2. The van der Waals surface area contributed by atoms with Gasteiger partial charge >= 0.3 is 0 Å². The standard InChI is InChI=1S/C29H34FN3O4/c1-3-16-35-21-24(34)18-32(19-26-11-8-17-36-26)20-27-28(4-2)31-33(23-9-6-5-7-10-23)29(27)37-25-14-12-22(30)13-15-25/h1,5-7,9-10,12-15,24,26,34H,4,8,11,16-21H2,2H3/t24-,26-/m1/s1. The molecule has 1 saturated heterocycles. The molecule has 2 heterocycles. The molecular formula is C29H34FN3O4. The number of aliphatic hydroxyl groups excluding tert-OH is 1. The smallest absolute Gasteiger partial charge is 0.227 e. The number of para-hydroxylation sites is 1. The number of rotatable bonds is 13. The van der Waals surface area contributed by atoms with E-state index in [4.69, 9.17) is 25.7 Å². The van der Waals surface area contributed by atoms with E-state index in [-0.39, 0.29) is 25.1 Å². The third-order valence-corrected chi connectivity index (χ3v) is 6.22. The molecule has 3 aromatic rings. The Labute approximate surface area is 217 Å². The molecule has 4 rings (SSSR count). The third kappa shape index (κ3) is 7.40. The molecule has 0 spiro atoms. The maximum atomic E-state index is 13.6. The van der Waals surface area contributed by atoms with Crippen LogP contribution in [-0.2, 0) is 22.4 Å². The number of aliphatic hydroxyl groups is 1. The van der Waals surface area contributed by atoms with Crippen molar-refractivity contribution in [2.45, 2.75) is 44.9 Å². The fourth-order valence-corrected chi connectivity index (χ4v) is 4.49. The normalized spacial score (nSPS) is 16.1. The Morgan fingerprint density at radius 3 is 2.70 bits per heavy atom. The van der Waals surface area contributed by atoms with Gasteiger partial charge in [-0.2, -0.15) is 5.10 Å². The Hall–Kier alpha value is -3.22. The SMILES string of the molecule is C#CCOC[C@H](O)CN(Cc1c(CC)nn(-c2ccccc2)c1Oc1ccc(F)cc1)C[C@H]1CCCO1. The summed E-state index contributed by atoms with van der Waals surface area (Å²) in [6.45, 7) is 4.62. The molecule has 196 valence electrons. The van der Waals surface area contributed by atoms with Crippen molar-refractivity contribution < 1.29 is 23.7 Å². The lowest BCUT2D eigenvalue weighted by atomic mass is 10.1. The van der Waals surface area contributed by atoms with E-state index < -0.39 is 6.10 Å². The quantitative estimate of drug-likeness (QED) is 0.274. The zero-order valence-corrected chi connectivity index (χ0v) is 21.2. The number of aryl methyl sites for hydroxylation is 1. The van der Waals surface area contributed by atoms with Crippen molar-refractivity contribution in [2.24, 2.45) is 0 Å². The Bertz CT molecular complexity index is 1150. The van der Waals surface area contributed by atoms with Gasteiger partial charge in [0.15, 0.2) is 0 Å². The topological polar surface area (TPSA) is 69.0 Å². The van der Waals surface area contributed by atoms with Crippen LogP contribution in [0.1, 0.15) is 31.0 Å². The molecule has 1 aliphatic heterocycles. The lowest BCUT2D eigenvalue weighted by molar-refractivity contribution is 0.00933. The van der Waals surface area contributed by atoms with E-state index in [0.29, 0.717) is 37.7 Å². The van der Waals surface area contributed by atoms with Crippen molar-refractivity contribution in [3.63, 3.8) is 0 Å². The summed E-state index contributed by atoms with van der Waals surface area (Å²) in [5.41, 5.74) is 2.65. The van der Waals surface area contributed by atoms with Gasteiger partial charge in [-0.15, -0.1) is 6.42 Å². The van der Waals surface area contributed by atoms with Gasteiger partial charge in [-0.3, -0.25) is 4.90 Å². The summed E-state index contributed by atoms with van der Waals surface area (Å²) in [6.07, 6.45) is 7.34. The van der Waals surface area contributed by atoms with Gasteiger partial charge in [0.25, 0.3) is 0 Å². The molecule has 2 atom stereocenters. The molecule has 2 aromatic carbocycles. The summed E-state index contributed by atoms with van der Waals surface area (Å²) in [6, 6.07) is 15.7. The van der Waals surface area contributed by atoms with Gasteiger partial charge in [-0.25, -0.2) is 9.07 Å². The number of hydrogen-bond acceptors (Lipinski definition) is 6. The number of hydrogen-bond donors (Lipinski definition) is 1. The fraction of sp³-hybridized carbons (Fsp3) is 0.414. The third-order valence-electron chi connectivity index (χ3n) is 6.22. The second-order valence-corrected chi connectivity index (χ2v) is 9.09. The minimum absolute atomic E-state index is 0.0922. The molecule has 0 bridgehead atoms. The molecule has 0 radical (unpaired) electrons. The van der Waals surface area contributed by atoms with Crippen LogP contribution in [0, 0.1) is 18.2 Å². The number of aromatic nitrogens is 2. The van der Waals surface area contributed by atoms with Gasteiger partial charge in [0.2, 0.25) is 5.88 Å². The van der Waals surface area contributed by atoms with Crippen molar-refractivity contribution in [2.75, 3.05) is 32.9 Å². The first-order valence-electron chi connectivity index (χ1n) is 12.7. The van der Waals surface area contributed by atoms with E-state index in [1.54, 1.807) is 16.8 Å². The van der Waals surface area contributed by atoms with Gasteiger partial charge in [0.05, 0.1) is 35.8 Å². The van der Waals surface area contributed by atoms with Crippen LogP contribution in [0.5, 0.6) is 11.6 Å². The summed E-state index contributed by atoms with van der Waals surface area (Å²) in [5, 5.41) is 15.6. The van der Waals surface area contributed by atoms with Crippen LogP contribution >= 0.6 is 0 Å². The Morgan fingerprint density at radius 2 is 2.03 bits per heavy atom. The van der Waals surface area contributed by atoms with Crippen LogP contribution < -0.4 is 4.74 Å². The van der Waals surface area contributed by atoms with Crippen LogP contribution in [0.2, 0.25) is 0 Å². The Kier molecular flexibility index (Phi) is 9.69. The first kappa shape index (κ1) is 26.8. The molecular weight excluding hydrogens is 473 g/mol. The summed E-state index contributed by atoms with van der Waals surface area (Å²) in [4.78, 5) is 2.16. The van der Waals surface area contributed by atoms with Gasteiger partial charge < -0.3 is 19.3 Å². The van der Waals surface area contributed by atoms with E-state index in [2.05, 4.69) is 17.7 Å². The van der Waals surface area contributed by atoms with Crippen LogP contribution in [0.3, 0.4) is 0 Å². The highest BCUT2D eigenvalue weighted by Crippen LogP contribution is 2.32. The maximum Gasteiger partial charge on any atom is 0.227 e. The number of halogens is 1. The van der Waals surface area contributed by atoms with Crippen LogP contribution in [0.25, 0.3) is 5.69 Å². The zero-order chi connectivity index (χ0) is 26.0. The van der Waals surface area contributed by atoms with Crippen LogP contribution in [0.4, 0.5) is 4.39 Å². The summed E-state index contributed by atoms with van der Waals surface area (Å²) in [7, 11) is 0. The van der Waals surface area contributed by atoms with Gasteiger partial charge in [0.1, 0.15) is 18.2 Å². The molecule has 1 aromatic heterocycles. The lowest BCUT2D eigenvalue weighted by Crippen LogP contribution is -2.39. The second kappa shape index (κ2) is 13.4. The molecule has 7 nitrogen and oxygen atoms in total. The highest BCUT2D eigenvalue weighted by molar-refractivity contribution is 5.43. The molecule has 8 heteroatoms. The van der Waals surface area contributed by atoms with Crippen molar-refractivity contribution in [3.8, 4) is 29.7 Å². The molecule has 1 N–H and O–H groups in total. The Morgan fingerprint density at radius 1 is 1.24 bits per heavy atom. The molecule has 0 unspecified atom stereocenters. The largest absolute Gasteiger partial charge is 0.439 e. The zero-order valence-electron chi connectivity index (χ0n) is 21.2. The summed E-state index contributed by atoms with van der Waals surface area (Å²) in [5.74, 6) is 3.16. The van der Waals surface area contributed by atoms with E-state index in [9.17, 15) is 9.50 Å². The lowest BCUT2D eigenvalue weighted by Gasteiger charge is -2.27. The molecule has 37 heavy (non-hydrogen) atoms. The highest BCUT2D eigenvalue weighted by Gasteiger charge is 2.26. The van der Waals surface area contributed by atoms with Crippen molar-refractivity contribution >= 4 is 0 Å². The number of nitrogens with zero attached hydrogens (tertiary/aromatic N) is 3. The monoisotopic (exact) mass is 507 g/mol. The van der Waals surface area contributed by atoms with Crippen molar-refractivity contribution in [1.82, 2.24) is 14.7 Å². The Balaban J connectivity index is 1.67. The molecule has 0 saturated carbocycles. The van der Waals surface area contributed by atoms with Crippen molar-refractivity contribution in [3.05, 3.63) is 71.7 Å². The minimum atomic E-state index is -0.717. The van der Waals surface area contributed by atoms with Gasteiger partial charge in [-0.1, -0.05) is 31.0 Å². The van der Waals surface area contributed by atoms with E-state index in [0.717, 1.165) is 36.4 Å².